The highest BCUT2D eigenvalue weighted by molar-refractivity contribution is 7.87. The minimum atomic E-state index is -5.05. The molecule has 15 nitrogen and oxygen atoms in total. The number of hydrogen-bond donors (Lipinski definition) is 6. The molecule has 0 heterocycles. The van der Waals surface area contributed by atoms with Crippen molar-refractivity contribution in [3.63, 3.8) is 0 Å². The minimum absolute atomic E-state index is 0.0258. The van der Waals surface area contributed by atoms with Crippen molar-refractivity contribution >= 4 is 65.6 Å². The van der Waals surface area contributed by atoms with Gasteiger partial charge < -0.3 is 26.2 Å². The number of azo groups is 1. The second-order valence-electron chi connectivity index (χ2n) is 12.5. The van der Waals surface area contributed by atoms with Crippen LogP contribution in [0.2, 0.25) is 0 Å². The van der Waals surface area contributed by atoms with Gasteiger partial charge in [-0.3, -0.25) is 18.7 Å². The van der Waals surface area contributed by atoms with E-state index in [0.717, 1.165) is 29.2 Å². The van der Waals surface area contributed by atoms with E-state index in [1.165, 1.54) is 6.07 Å². The maximum atomic E-state index is 12.5. The summed E-state index contributed by atoms with van der Waals surface area (Å²) in [6.45, 7) is 9.30. The Morgan fingerprint density at radius 2 is 1.40 bits per heavy atom. The molecule has 0 aromatic heterocycles. The predicted molar refractivity (Wildman–Crippen MR) is 196 cm³/mol. The van der Waals surface area contributed by atoms with E-state index >= 15 is 0 Å². The van der Waals surface area contributed by atoms with Crippen LogP contribution in [0.4, 0.5) is 22.7 Å². The van der Waals surface area contributed by atoms with Crippen LogP contribution < -0.4 is 16.4 Å². The van der Waals surface area contributed by atoms with Crippen molar-refractivity contribution in [2.24, 2.45) is 16.1 Å². The molecule has 4 aromatic rings. The van der Waals surface area contributed by atoms with Gasteiger partial charge in [0, 0.05) is 37.1 Å². The van der Waals surface area contributed by atoms with E-state index < -0.39 is 46.9 Å². The van der Waals surface area contributed by atoms with Crippen molar-refractivity contribution < 1.29 is 45.4 Å². The van der Waals surface area contributed by atoms with E-state index in [1.807, 2.05) is 25.1 Å². The normalized spacial score (nSPS) is 12.1. The van der Waals surface area contributed by atoms with Gasteiger partial charge in [0.05, 0.1) is 23.4 Å². The number of carbonyl (C=O) groups is 2. The van der Waals surface area contributed by atoms with Crippen LogP contribution in [0.1, 0.15) is 44.2 Å². The number of aryl methyl sites for hydroxylation is 2. The van der Waals surface area contributed by atoms with Crippen LogP contribution in [0.5, 0.6) is 5.75 Å². The Hall–Kier alpha value is -4.94. The molecule has 278 valence electrons. The average molecular weight is 756 g/mol. The average Bonchev–Trinajstić information content (AvgIpc) is 3.05. The zero-order chi connectivity index (χ0) is 38.4. The third kappa shape index (κ3) is 10.1. The third-order valence-electron chi connectivity index (χ3n) is 8.06. The fourth-order valence-corrected chi connectivity index (χ4v) is 6.65. The predicted octanol–water partition coefficient (Wildman–Crippen LogP) is 6.22. The summed E-state index contributed by atoms with van der Waals surface area (Å²) in [7, 11) is -10.0. The number of phenols is 1. The van der Waals surface area contributed by atoms with Gasteiger partial charge in [0.2, 0.25) is 11.8 Å². The summed E-state index contributed by atoms with van der Waals surface area (Å²) < 4.78 is 72.4. The van der Waals surface area contributed by atoms with E-state index in [-0.39, 0.29) is 35.7 Å². The number of nitrogens with zero attached hydrogens (tertiary/aromatic N) is 2. The Morgan fingerprint density at radius 1 is 0.808 bits per heavy atom. The summed E-state index contributed by atoms with van der Waals surface area (Å²) in [6, 6.07) is 13.7. The Balaban J connectivity index is 1.44. The molecule has 0 unspecified atom stereocenters. The van der Waals surface area contributed by atoms with Crippen molar-refractivity contribution in [3.05, 3.63) is 65.7 Å². The van der Waals surface area contributed by atoms with Crippen molar-refractivity contribution in [1.29, 1.82) is 0 Å². The molecule has 0 saturated carbocycles. The Morgan fingerprint density at radius 3 is 2.02 bits per heavy atom. The lowest BCUT2D eigenvalue weighted by Gasteiger charge is -2.13. The molecule has 4 rings (SSSR count). The van der Waals surface area contributed by atoms with Crippen molar-refractivity contribution in [2.75, 3.05) is 30.8 Å². The molecule has 0 aliphatic rings. The topological polar surface area (TPSA) is 247 Å². The first-order chi connectivity index (χ1) is 24.4. The summed E-state index contributed by atoms with van der Waals surface area (Å²) in [5, 5.41) is 24.0. The summed E-state index contributed by atoms with van der Waals surface area (Å²) >= 11 is 0. The van der Waals surface area contributed by atoms with E-state index in [4.69, 9.17) is 10.5 Å². The zero-order valence-corrected chi connectivity index (χ0v) is 30.6. The molecular formula is C35H41N5O10S2. The van der Waals surface area contributed by atoms with E-state index in [1.54, 1.807) is 25.1 Å². The van der Waals surface area contributed by atoms with Gasteiger partial charge in [-0.05, 0) is 84.8 Å². The molecule has 0 radical (unpaired) electrons. The number of anilines is 2. The highest BCUT2D eigenvalue weighted by atomic mass is 32.2. The maximum absolute atomic E-state index is 12.5. The van der Waals surface area contributed by atoms with Gasteiger partial charge in [0.15, 0.2) is 5.75 Å². The van der Waals surface area contributed by atoms with Gasteiger partial charge >= 0.3 is 0 Å². The molecule has 0 aliphatic heterocycles. The standard InChI is InChI=1S/C35H41N5O10S2/c1-20(2)13-15-50-16-14-37-31(41)11-12-32(42)38-26-8-5-23(17-21(26)3)24-6-9-27(22(4)18-24)39-40-28-10-7-25-29(51(44,45)46)19-30(52(47,48)49)34(36)33(25)35(28)43/h5-10,17-20,43H,11-16,36H2,1-4H3,(H,37,41)(H,38,42)(H,44,45,46)(H,47,48,49)/b40-39+. The number of hydrogen-bond acceptors (Lipinski definition) is 11. The monoisotopic (exact) mass is 755 g/mol. The van der Waals surface area contributed by atoms with Crippen LogP contribution in [0.15, 0.2) is 74.6 Å². The van der Waals surface area contributed by atoms with Crippen LogP contribution in [0.25, 0.3) is 21.9 Å². The number of aromatic hydroxyl groups is 1. The van der Waals surface area contributed by atoms with E-state index in [2.05, 4.69) is 34.7 Å². The third-order valence-corrected chi connectivity index (χ3v) is 9.85. The molecule has 0 saturated heterocycles. The summed E-state index contributed by atoms with van der Waals surface area (Å²) in [6.07, 6.45) is 1.03. The molecule has 7 N–H and O–H groups in total. The minimum Gasteiger partial charge on any atom is -0.505 e. The first kappa shape index (κ1) is 39.8. The molecule has 17 heteroatoms. The highest BCUT2D eigenvalue weighted by Gasteiger charge is 2.26. The molecular weight excluding hydrogens is 715 g/mol. The van der Waals surface area contributed by atoms with Gasteiger partial charge in [-0.15, -0.1) is 5.11 Å². The van der Waals surface area contributed by atoms with Crippen LogP contribution >= 0.6 is 0 Å². The second kappa shape index (κ2) is 16.6. The Bertz CT molecular complexity index is 2260. The summed E-state index contributed by atoms with van der Waals surface area (Å²) in [4.78, 5) is 22.7. The molecule has 2 amide bonds. The molecule has 0 bridgehead atoms. The number of benzene rings is 4. The quantitative estimate of drug-likeness (QED) is 0.0344. The van der Waals surface area contributed by atoms with Gasteiger partial charge in [0.1, 0.15) is 15.5 Å². The van der Waals surface area contributed by atoms with Crippen molar-refractivity contribution in [3.8, 4) is 16.9 Å². The number of nitrogen functional groups attached to an aromatic ring is 1. The SMILES string of the molecule is Cc1cc(-c2ccc(NC(=O)CCC(=O)NCCOCCC(C)C)c(C)c2)ccc1/N=N/c1ccc2c(S(=O)(=O)O)cc(S(=O)(=O)O)c(N)c2c1O. The van der Waals surface area contributed by atoms with Crippen molar-refractivity contribution in [1.82, 2.24) is 5.32 Å². The Labute approximate surface area is 301 Å². The molecule has 0 atom stereocenters. The van der Waals surface area contributed by atoms with Crippen LogP contribution in [-0.2, 0) is 34.6 Å². The fraction of sp³-hybridized carbons (Fsp3) is 0.314. The van der Waals surface area contributed by atoms with Gasteiger partial charge in [-0.1, -0.05) is 32.0 Å². The molecule has 52 heavy (non-hydrogen) atoms. The number of ether oxygens (including phenoxy) is 1. The highest BCUT2D eigenvalue weighted by Crippen LogP contribution is 2.44. The number of carbonyl (C=O) groups excluding carboxylic acids is 2. The van der Waals surface area contributed by atoms with E-state index in [0.29, 0.717) is 48.7 Å². The van der Waals surface area contributed by atoms with Crippen molar-refractivity contribution in [2.45, 2.75) is 56.7 Å². The van der Waals surface area contributed by atoms with Gasteiger partial charge in [0.25, 0.3) is 20.2 Å². The van der Waals surface area contributed by atoms with Gasteiger partial charge in [-0.25, -0.2) is 0 Å². The number of nitrogens with one attached hydrogen (secondary N) is 2. The number of phenolic OH excluding ortho intramolecular Hbond substituents is 1. The Kier molecular flexibility index (Phi) is 12.7. The zero-order valence-electron chi connectivity index (χ0n) is 29.0. The lowest BCUT2D eigenvalue weighted by molar-refractivity contribution is -0.124. The lowest BCUT2D eigenvalue weighted by Crippen LogP contribution is -2.28. The second-order valence-corrected chi connectivity index (χ2v) is 15.3. The van der Waals surface area contributed by atoms with Gasteiger partial charge in [-0.2, -0.15) is 21.9 Å². The lowest BCUT2D eigenvalue weighted by atomic mass is 10.00. The maximum Gasteiger partial charge on any atom is 0.296 e. The van der Waals surface area contributed by atoms with Crippen LogP contribution in [-0.4, -0.2) is 62.6 Å². The number of amides is 2. The first-order valence-electron chi connectivity index (χ1n) is 16.2. The molecule has 0 fully saturated rings. The smallest absolute Gasteiger partial charge is 0.296 e. The fourth-order valence-electron chi connectivity index (χ4n) is 5.21. The summed E-state index contributed by atoms with van der Waals surface area (Å²) in [5.74, 6) is -0.695. The number of rotatable bonds is 15. The molecule has 0 spiro atoms. The molecule has 4 aromatic carbocycles. The molecule has 0 aliphatic carbocycles. The van der Waals surface area contributed by atoms with Crippen LogP contribution in [0, 0.1) is 19.8 Å². The first-order valence-corrected chi connectivity index (χ1v) is 19.1. The number of fused-ring (bicyclic) bond motifs is 1. The summed E-state index contributed by atoms with van der Waals surface area (Å²) in [5.41, 5.74) is 9.24. The number of nitrogens with two attached hydrogens (primary N) is 1. The largest absolute Gasteiger partial charge is 0.505 e. The van der Waals surface area contributed by atoms with Crippen LogP contribution in [0.3, 0.4) is 0 Å². The van der Waals surface area contributed by atoms with E-state index in [9.17, 15) is 40.6 Å².